The molecule has 24 heavy (non-hydrogen) atoms. The summed E-state index contributed by atoms with van der Waals surface area (Å²) in [4.78, 5) is 19.0. The van der Waals surface area contributed by atoms with Crippen molar-refractivity contribution in [1.29, 1.82) is 0 Å². The van der Waals surface area contributed by atoms with Gasteiger partial charge in [0.2, 0.25) is 5.91 Å². The molecule has 3 fully saturated rings. The van der Waals surface area contributed by atoms with Crippen LogP contribution in [0.15, 0.2) is 24.5 Å². The molecule has 1 aliphatic carbocycles. The van der Waals surface area contributed by atoms with Crippen LogP contribution in [-0.2, 0) is 9.53 Å². The van der Waals surface area contributed by atoms with Gasteiger partial charge in [-0.15, -0.1) is 0 Å². The highest BCUT2D eigenvalue weighted by molar-refractivity contribution is 5.77. The maximum absolute atomic E-state index is 12.9. The predicted octanol–water partition coefficient (Wildman–Crippen LogP) is 2.80. The summed E-state index contributed by atoms with van der Waals surface area (Å²) in [6.07, 6.45) is 11.1. The largest absolute Gasteiger partial charge is 0.484 e. The summed E-state index contributed by atoms with van der Waals surface area (Å²) in [7, 11) is 0. The fraction of sp³-hybridized carbons (Fsp3) is 0.684. The van der Waals surface area contributed by atoms with E-state index < -0.39 is 0 Å². The minimum absolute atomic E-state index is 0.00789. The number of carbonyl (C=O) groups excluding carboxylic acids is 1. The lowest BCUT2D eigenvalue weighted by Gasteiger charge is -2.32. The lowest BCUT2D eigenvalue weighted by Crippen LogP contribution is -2.44. The first-order chi connectivity index (χ1) is 11.8. The fourth-order valence-corrected chi connectivity index (χ4v) is 4.47. The summed E-state index contributed by atoms with van der Waals surface area (Å²) in [5.74, 6) is 1.62. The van der Waals surface area contributed by atoms with Crippen LogP contribution in [0.1, 0.15) is 44.9 Å². The highest BCUT2D eigenvalue weighted by atomic mass is 16.5. The van der Waals surface area contributed by atoms with E-state index in [2.05, 4.69) is 4.98 Å². The van der Waals surface area contributed by atoms with Crippen LogP contribution in [0.25, 0.3) is 0 Å². The number of hydrogen-bond donors (Lipinski definition) is 0. The molecule has 3 atom stereocenters. The Bertz CT molecular complexity index is 559. The second kappa shape index (κ2) is 7.09. The highest BCUT2D eigenvalue weighted by Gasteiger charge is 2.47. The molecule has 130 valence electrons. The lowest BCUT2D eigenvalue weighted by atomic mass is 10.0. The third-order valence-corrected chi connectivity index (χ3v) is 5.66. The second-order valence-electron chi connectivity index (χ2n) is 7.29. The van der Waals surface area contributed by atoms with Crippen LogP contribution in [0.3, 0.4) is 0 Å². The molecule has 3 aliphatic rings. The van der Waals surface area contributed by atoms with Gasteiger partial charge in [0.15, 0.2) is 0 Å². The molecule has 5 nitrogen and oxygen atoms in total. The van der Waals surface area contributed by atoms with E-state index in [4.69, 9.17) is 9.47 Å². The zero-order valence-electron chi connectivity index (χ0n) is 14.1. The van der Waals surface area contributed by atoms with Crippen molar-refractivity contribution < 1.29 is 14.3 Å². The molecule has 0 bridgehead atoms. The smallest absolute Gasteiger partial charge is 0.223 e. The molecule has 5 heteroatoms. The standard InChI is InChI=1S/C19H26N2O3/c22-18(11-14-5-1-2-6-14)21-13-17(19-16(21)8-4-10-23-19)24-15-7-3-9-20-12-15/h3,7,9,12,14,16-17,19H,1-2,4-6,8,10-11,13H2/t16-,17+,19+/m0/s1. The van der Waals surface area contributed by atoms with Crippen molar-refractivity contribution in [3.63, 3.8) is 0 Å². The lowest BCUT2D eigenvalue weighted by molar-refractivity contribution is -0.135. The normalized spacial score (nSPS) is 30.3. The van der Waals surface area contributed by atoms with Gasteiger partial charge in [-0.3, -0.25) is 9.78 Å². The van der Waals surface area contributed by atoms with E-state index in [0.717, 1.165) is 25.2 Å². The summed E-state index contributed by atoms with van der Waals surface area (Å²) < 4.78 is 12.1. The second-order valence-corrected chi connectivity index (χ2v) is 7.29. The predicted molar refractivity (Wildman–Crippen MR) is 89.7 cm³/mol. The first-order valence-electron chi connectivity index (χ1n) is 9.29. The number of carbonyl (C=O) groups is 1. The number of ether oxygens (including phenoxy) is 2. The molecular weight excluding hydrogens is 304 g/mol. The van der Waals surface area contributed by atoms with E-state index in [1.54, 1.807) is 12.4 Å². The van der Waals surface area contributed by atoms with Crippen LogP contribution in [0, 0.1) is 5.92 Å². The Morgan fingerprint density at radius 3 is 2.96 bits per heavy atom. The summed E-state index contributed by atoms with van der Waals surface area (Å²) >= 11 is 0. The average molecular weight is 330 g/mol. The van der Waals surface area contributed by atoms with E-state index in [-0.39, 0.29) is 18.2 Å². The Balaban J connectivity index is 1.45. The minimum Gasteiger partial charge on any atom is -0.484 e. The van der Waals surface area contributed by atoms with Gasteiger partial charge in [-0.2, -0.15) is 0 Å². The van der Waals surface area contributed by atoms with E-state index in [1.165, 1.54) is 25.7 Å². The van der Waals surface area contributed by atoms with Crippen molar-refractivity contribution in [3.05, 3.63) is 24.5 Å². The molecular formula is C19H26N2O3. The minimum atomic E-state index is -0.0907. The molecule has 4 rings (SSSR count). The SMILES string of the molecule is O=C(CC1CCCC1)N1C[C@@H](Oc2cccnc2)[C@@H]2OCCC[C@@H]21. The number of rotatable bonds is 4. The topological polar surface area (TPSA) is 51.7 Å². The Morgan fingerprint density at radius 1 is 1.29 bits per heavy atom. The van der Waals surface area contributed by atoms with Gasteiger partial charge in [-0.25, -0.2) is 0 Å². The van der Waals surface area contributed by atoms with E-state index in [0.29, 0.717) is 24.8 Å². The molecule has 2 saturated heterocycles. The van der Waals surface area contributed by atoms with Crippen molar-refractivity contribution in [2.24, 2.45) is 5.92 Å². The Morgan fingerprint density at radius 2 is 2.17 bits per heavy atom. The van der Waals surface area contributed by atoms with Crippen molar-refractivity contribution in [2.45, 2.75) is 63.2 Å². The molecule has 0 unspecified atom stereocenters. The maximum atomic E-state index is 12.9. The Hall–Kier alpha value is -1.62. The van der Waals surface area contributed by atoms with Crippen LogP contribution >= 0.6 is 0 Å². The third-order valence-electron chi connectivity index (χ3n) is 5.66. The molecule has 0 spiro atoms. The van der Waals surface area contributed by atoms with Gasteiger partial charge in [0.25, 0.3) is 0 Å². The van der Waals surface area contributed by atoms with Crippen LogP contribution in [0.5, 0.6) is 5.75 Å². The van der Waals surface area contributed by atoms with Crippen LogP contribution in [0.4, 0.5) is 0 Å². The van der Waals surface area contributed by atoms with Crippen molar-refractivity contribution >= 4 is 5.91 Å². The number of amides is 1. The molecule has 0 aromatic carbocycles. The van der Waals surface area contributed by atoms with Gasteiger partial charge in [-0.1, -0.05) is 12.8 Å². The molecule has 1 amide bonds. The van der Waals surface area contributed by atoms with Gasteiger partial charge in [0.1, 0.15) is 18.0 Å². The summed E-state index contributed by atoms with van der Waals surface area (Å²) in [6, 6.07) is 3.95. The van der Waals surface area contributed by atoms with Gasteiger partial charge in [0, 0.05) is 19.2 Å². The summed E-state index contributed by atoms with van der Waals surface area (Å²) in [5, 5.41) is 0. The summed E-state index contributed by atoms with van der Waals surface area (Å²) in [5.41, 5.74) is 0. The van der Waals surface area contributed by atoms with E-state index in [1.807, 2.05) is 17.0 Å². The van der Waals surface area contributed by atoms with E-state index in [9.17, 15) is 4.79 Å². The van der Waals surface area contributed by atoms with Crippen molar-refractivity contribution in [2.75, 3.05) is 13.2 Å². The van der Waals surface area contributed by atoms with E-state index >= 15 is 0 Å². The number of nitrogens with zero attached hydrogens (tertiary/aromatic N) is 2. The third kappa shape index (κ3) is 3.27. The molecule has 0 N–H and O–H groups in total. The van der Waals surface area contributed by atoms with Crippen molar-refractivity contribution in [1.82, 2.24) is 9.88 Å². The number of hydrogen-bond acceptors (Lipinski definition) is 4. The first kappa shape index (κ1) is 15.9. The fourth-order valence-electron chi connectivity index (χ4n) is 4.47. The van der Waals surface area contributed by atoms with Crippen molar-refractivity contribution in [3.8, 4) is 5.75 Å². The first-order valence-corrected chi connectivity index (χ1v) is 9.29. The number of fused-ring (bicyclic) bond motifs is 1. The average Bonchev–Trinajstić information content (AvgIpc) is 3.24. The molecule has 1 aromatic heterocycles. The van der Waals surface area contributed by atoms with Gasteiger partial charge >= 0.3 is 0 Å². The monoisotopic (exact) mass is 330 g/mol. The molecule has 3 heterocycles. The zero-order valence-corrected chi connectivity index (χ0v) is 14.1. The zero-order chi connectivity index (χ0) is 16.4. The quantitative estimate of drug-likeness (QED) is 0.852. The molecule has 0 radical (unpaired) electrons. The van der Waals surface area contributed by atoms with Gasteiger partial charge < -0.3 is 14.4 Å². The number of pyridine rings is 1. The van der Waals surface area contributed by atoms with Crippen LogP contribution in [0.2, 0.25) is 0 Å². The molecule has 1 aromatic rings. The number of likely N-dealkylation sites (tertiary alicyclic amines) is 1. The number of aromatic nitrogens is 1. The highest BCUT2D eigenvalue weighted by Crippen LogP contribution is 2.34. The Kier molecular flexibility index (Phi) is 4.69. The van der Waals surface area contributed by atoms with Crippen LogP contribution < -0.4 is 4.74 Å². The van der Waals surface area contributed by atoms with Gasteiger partial charge in [0.05, 0.1) is 18.8 Å². The Labute approximate surface area is 143 Å². The van der Waals surface area contributed by atoms with Crippen LogP contribution in [-0.4, -0.2) is 47.2 Å². The molecule has 2 aliphatic heterocycles. The summed E-state index contributed by atoms with van der Waals surface area (Å²) in [6.45, 7) is 1.40. The van der Waals surface area contributed by atoms with Gasteiger partial charge in [-0.05, 0) is 43.7 Å². The molecule has 1 saturated carbocycles. The maximum Gasteiger partial charge on any atom is 0.223 e.